The van der Waals surface area contributed by atoms with Gasteiger partial charge in [0.2, 0.25) is 0 Å². The molecule has 2 rings (SSSR count). The molecule has 0 radical (unpaired) electrons. The van der Waals surface area contributed by atoms with Crippen LogP contribution in [-0.2, 0) is 4.79 Å². The average molecular weight is 296 g/mol. The summed E-state index contributed by atoms with van der Waals surface area (Å²) in [5, 5.41) is 9.80. The van der Waals surface area contributed by atoms with Crippen molar-refractivity contribution in [1.29, 1.82) is 0 Å². The summed E-state index contributed by atoms with van der Waals surface area (Å²) in [5.41, 5.74) is -0.478. The predicted molar refractivity (Wildman–Crippen MR) is 85.5 cm³/mol. The number of carbonyl (C=O) groups is 1. The SMILES string of the molecule is CCN(CC)C1CCN(CC2(C(=O)O)CCCCCC2)C1. The summed E-state index contributed by atoms with van der Waals surface area (Å²) in [6.07, 6.45) is 7.51. The van der Waals surface area contributed by atoms with Gasteiger partial charge in [-0.25, -0.2) is 0 Å². The molecule has 0 aromatic carbocycles. The summed E-state index contributed by atoms with van der Waals surface area (Å²) in [4.78, 5) is 16.8. The van der Waals surface area contributed by atoms with Crippen LogP contribution in [0.4, 0.5) is 0 Å². The Morgan fingerprint density at radius 2 is 1.81 bits per heavy atom. The smallest absolute Gasteiger partial charge is 0.310 e. The predicted octanol–water partition coefficient (Wildman–Crippen LogP) is 2.83. The Balaban J connectivity index is 1.97. The number of carboxylic acids is 1. The van der Waals surface area contributed by atoms with Crippen LogP contribution in [-0.4, -0.2) is 59.6 Å². The van der Waals surface area contributed by atoms with E-state index in [2.05, 4.69) is 23.6 Å². The molecular weight excluding hydrogens is 264 g/mol. The molecule has 1 atom stereocenters. The van der Waals surface area contributed by atoms with Crippen LogP contribution in [0, 0.1) is 5.41 Å². The molecule has 1 aliphatic carbocycles. The minimum absolute atomic E-state index is 0.478. The highest BCUT2D eigenvalue weighted by Gasteiger charge is 2.41. The van der Waals surface area contributed by atoms with E-state index in [-0.39, 0.29) is 0 Å². The highest BCUT2D eigenvalue weighted by atomic mass is 16.4. The second kappa shape index (κ2) is 7.59. The third kappa shape index (κ3) is 3.98. The van der Waals surface area contributed by atoms with Gasteiger partial charge in [0.1, 0.15) is 0 Å². The van der Waals surface area contributed by atoms with Crippen LogP contribution in [0.15, 0.2) is 0 Å². The van der Waals surface area contributed by atoms with Gasteiger partial charge < -0.3 is 10.0 Å². The van der Waals surface area contributed by atoms with Gasteiger partial charge in [-0.1, -0.05) is 39.5 Å². The summed E-state index contributed by atoms with van der Waals surface area (Å²) in [5.74, 6) is -0.560. The van der Waals surface area contributed by atoms with E-state index in [9.17, 15) is 9.90 Å². The van der Waals surface area contributed by atoms with Gasteiger partial charge in [0.05, 0.1) is 5.41 Å². The molecule has 1 heterocycles. The van der Waals surface area contributed by atoms with Gasteiger partial charge in [0.15, 0.2) is 0 Å². The van der Waals surface area contributed by atoms with Gasteiger partial charge in [-0.15, -0.1) is 0 Å². The van der Waals surface area contributed by atoms with Gasteiger partial charge >= 0.3 is 5.97 Å². The summed E-state index contributed by atoms with van der Waals surface area (Å²) >= 11 is 0. The zero-order chi connectivity index (χ0) is 15.3. The molecular formula is C17H32N2O2. The van der Waals surface area contributed by atoms with Crippen LogP contribution in [0.25, 0.3) is 0 Å². The van der Waals surface area contributed by atoms with Crippen molar-refractivity contribution in [3.8, 4) is 0 Å². The molecule has 1 aliphatic heterocycles. The Bertz CT molecular complexity index is 334. The van der Waals surface area contributed by atoms with Crippen molar-refractivity contribution in [2.24, 2.45) is 5.41 Å². The van der Waals surface area contributed by atoms with Gasteiger partial charge in [-0.2, -0.15) is 0 Å². The van der Waals surface area contributed by atoms with Crippen molar-refractivity contribution in [1.82, 2.24) is 9.80 Å². The van der Waals surface area contributed by atoms with Gasteiger partial charge in [-0.05, 0) is 38.9 Å². The van der Waals surface area contributed by atoms with Crippen LogP contribution < -0.4 is 0 Å². The zero-order valence-electron chi connectivity index (χ0n) is 13.8. The molecule has 0 amide bonds. The first kappa shape index (κ1) is 16.8. The van der Waals surface area contributed by atoms with Crippen LogP contribution in [0.1, 0.15) is 58.8 Å². The van der Waals surface area contributed by atoms with E-state index in [1.54, 1.807) is 0 Å². The molecule has 0 bridgehead atoms. The lowest BCUT2D eigenvalue weighted by atomic mass is 9.80. The molecule has 1 saturated carbocycles. The standard InChI is InChI=1S/C17H32N2O2/c1-3-19(4-2)15-9-12-18(13-15)14-17(16(20)21)10-7-5-6-8-11-17/h15H,3-14H2,1-2H3,(H,20,21). The van der Waals surface area contributed by atoms with E-state index in [1.165, 1.54) is 19.3 Å². The lowest BCUT2D eigenvalue weighted by molar-refractivity contribution is -0.151. The van der Waals surface area contributed by atoms with E-state index in [0.29, 0.717) is 6.04 Å². The van der Waals surface area contributed by atoms with Crippen LogP contribution >= 0.6 is 0 Å². The van der Waals surface area contributed by atoms with Crippen molar-refractivity contribution in [2.75, 3.05) is 32.7 Å². The number of hydrogen-bond acceptors (Lipinski definition) is 3. The number of likely N-dealkylation sites (tertiary alicyclic amines) is 1. The molecule has 1 saturated heterocycles. The number of likely N-dealkylation sites (N-methyl/N-ethyl adjacent to an activating group) is 1. The third-order valence-electron chi connectivity index (χ3n) is 5.62. The quantitative estimate of drug-likeness (QED) is 0.766. The van der Waals surface area contributed by atoms with E-state index < -0.39 is 11.4 Å². The highest BCUT2D eigenvalue weighted by molar-refractivity contribution is 5.75. The summed E-state index contributed by atoms with van der Waals surface area (Å²) in [6, 6.07) is 0.622. The molecule has 0 aromatic rings. The number of hydrogen-bond donors (Lipinski definition) is 1. The highest BCUT2D eigenvalue weighted by Crippen LogP contribution is 2.37. The first-order chi connectivity index (χ1) is 10.1. The lowest BCUT2D eigenvalue weighted by Crippen LogP contribution is -2.44. The van der Waals surface area contributed by atoms with E-state index in [4.69, 9.17) is 0 Å². The maximum atomic E-state index is 11.9. The fraction of sp³-hybridized carbons (Fsp3) is 0.941. The summed E-state index contributed by atoms with van der Waals surface area (Å²) in [6.45, 7) is 9.51. The van der Waals surface area contributed by atoms with Crippen LogP contribution in [0.2, 0.25) is 0 Å². The van der Waals surface area contributed by atoms with E-state index in [1.807, 2.05) is 0 Å². The van der Waals surface area contributed by atoms with E-state index >= 15 is 0 Å². The Labute approximate surface area is 129 Å². The topological polar surface area (TPSA) is 43.8 Å². The first-order valence-electron chi connectivity index (χ1n) is 8.81. The second-order valence-corrected chi connectivity index (χ2v) is 6.90. The molecule has 0 spiro atoms. The lowest BCUT2D eigenvalue weighted by Gasteiger charge is -2.33. The average Bonchev–Trinajstić information content (AvgIpc) is 2.78. The second-order valence-electron chi connectivity index (χ2n) is 6.90. The summed E-state index contributed by atoms with van der Waals surface area (Å²) < 4.78 is 0. The number of aliphatic carboxylic acids is 1. The molecule has 122 valence electrons. The fourth-order valence-electron chi connectivity index (χ4n) is 4.27. The minimum atomic E-state index is -0.560. The number of rotatable bonds is 6. The van der Waals surface area contributed by atoms with Gasteiger partial charge in [0.25, 0.3) is 0 Å². The van der Waals surface area contributed by atoms with Crippen molar-refractivity contribution in [2.45, 2.75) is 64.8 Å². The van der Waals surface area contributed by atoms with Crippen molar-refractivity contribution < 1.29 is 9.90 Å². The zero-order valence-corrected chi connectivity index (χ0v) is 13.8. The Kier molecular flexibility index (Phi) is 6.06. The van der Waals surface area contributed by atoms with E-state index in [0.717, 1.165) is 58.4 Å². The molecule has 4 heteroatoms. The number of carboxylic acid groups (broad SMARTS) is 1. The van der Waals surface area contributed by atoms with Crippen LogP contribution in [0.3, 0.4) is 0 Å². The molecule has 4 nitrogen and oxygen atoms in total. The van der Waals surface area contributed by atoms with Gasteiger partial charge in [0, 0.05) is 19.1 Å². The summed E-state index contributed by atoms with van der Waals surface area (Å²) in [7, 11) is 0. The molecule has 0 aromatic heterocycles. The molecule has 1 N–H and O–H groups in total. The fourth-order valence-corrected chi connectivity index (χ4v) is 4.27. The Morgan fingerprint density at radius 1 is 1.19 bits per heavy atom. The van der Waals surface area contributed by atoms with Gasteiger partial charge in [-0.3, -0.25) is 9.69 Å². The third-order valence-corrected chi connectivity index (χ3v) is 5.62. The van der Waals surface area contributed by atoms with Crippen LogP contribution in [0.5, 0.6) is 0 Å². The maximum absolute atomic E-state index is 11.9. The minimum Gasteiger partial charge on any atom is -0.481 e. The van der Waals surface area contributed by atoms with Crippen molar-refractivity contribution in [3.63, 3.8) is 0 Å². The molecule has 1 unspecified atom stereocenters. The number of nitrogens with zero attached hydrogens (tertiary/aromatic N) is 2. The maximum Gasteiger partial charge on any atom is 0.310 e. The Hall–Kier alpha value is -0.610. The van der Waals surface area contributed by atoms with Crippen molar-refractivity contribution >= 4 is 5.97 Å². The molecule has 2 aliphatic rings. The molecule has 21 heavy (non-hydrogen) atoms. The Morgan fingerprint density at radius 3 is 2.33 bits per heavy atom. The first-order valence-corrected chi connectivity index (χ1v) is 8.81. The largest absolute Gasteiger partial charge is 0.481 e. The molecule has 2 fully saturated rings. The monoisotopic (exact) mass is 296 g/mol. The van der Waals surface area contributed by atoms with Crippen molar-refractivity contribution in [3.05, 3.63) is 0 Å². The normalized spacial score (nSPS) is 26.9.